The molecule has 1 heterocycles. The van der Waals surface area contributed by atoms with E-state index in [0.29, 0.717) is 12.0 Å². The maximum atomic E-state index is 11.9. The van der Waals surface area contributed by atoms with Gasteiger partial charge in [0, 0.05) is 19.1 Å². The van der Waals surface area contributed by atoms with Gasteiger partial charge in [0.15, 0.2) is 0 Å². The minimum absolute atomic E-state index is 0.139. The van der Waals surface area contributed by atoms with E-state index in [4.69, 9.17) is 5.11 Å². The lowest BCUT2D eigenvalue weighted by atomic mass is 9.92. The van der Waals surface area contributed by atoms with Gasteiger partial charge in [-0.1, -0.05) is 6.92 Å². The highest BCUT2D eigenvalue weighted by molar-refractivity contribution is 5.82. The van der Waals surface area contributed by atoms with Crippen molar-refractivity contribution in [1.29, 1.82) is 0 Å². The highest BCUT2D eigenvalue weighted by atomic mass is 16.3. The quantitative estimate of drug-likeness (QED) is 0.638. The highest BCUT2D eigenvalue weighted by Crippen LogP contribution is 2.58. The molecule has 1 saturated heterocycles. The van der Waals surface area contributed by atoms with E-state index in [1.54, 1.807) is 0 Å². The lowest BCUT2D eigenvalue weighted by Gasteiger charge is -2.23. The minimum Gasteiger partial charge on any atom is -0.396 e. The van der Waals surface area contributed by atoms with E-state index in [1.165, 1.54) is 0 Å². The Balaban J connectivity index is 1.75. The van der Waals surface area contributed by atoms with E-state index in [1.807, 2.05) is 6.92 Å². The monoisotopic (exact) mass is 226 g/mol. The lowest BCUT2D eigenvalue weighted by Crippen LogP contribution is -2.35. The van der Waals surface area contributed by atoms with Crippen LogP contribution in [0, 0.1) is 17.3 Å². The first-order valence-corrected chi connectivity index (χ1v) is 6.27. The number of nitrogens with one attached hydrogen (secondary N) is 2. The Kier molecular flexibility index (Phi) is 3.50. The zero-order valence-electron chi connectivity index (χ0n) is 9.96. The van der Waals surface area contributed by atoms with Crippen LogP contribution in [0.3, 0.4) is 0 Å². The largest absolute Gasteiger partial charge is 0.396 e. The van der Waals surface area contributed by atoms with Crippen LogP contribution in [0.25, 0.3) is 0 Å². The fraction of sp³-hybridized carbons (Fsp3) is 0.917. The number of carbonyl (C=O) groups is 1. The van der Waals surface area contributed by atoms with Crippen molar-refractivity contribution in [1.82, 2.24) is 10.6 Å². The molecule has 16 heavy (non-hydrogen) atoms. The number of aliphatic hydroxyl groups excluding tert-OH is 1. The van der Waals surface area contributed by atoms with Crippen molar-refractivity contribution >= 4 is 5.91 Å². The molecule has 1 aliphatic heterocycles. The molecule has 0 aromatic heterocycles. The van der Waals surface area contributed by atoms with Crippen LogP contribution in [0.1, 0.15) is 26.2 Å². The van der Waals surface area contributed by atoms with Gasteiger partial charge in [0.1, 0.15) is 0 Å². The molecule has 4 nitrogen and oxygen atoms in total. The Hall–Kier alpha value is -0.610. The summed E-state index contributed by atoms with van der Waals surface area (Å²) in [6.45, 7) is 4.78. The highest BCUT2D eigenvalue weighted by Gasteiger charge is 2.57. The third kappa shape index (κ3) is 2.38. The molecular formula is C12H22N2O2. The lowest BCUT2D eigenvalue weighted by molar-refractivity contribution is -0.123. The zero-order chi connectivity index (χ0) is 11.6. The first kappa shape index (κ1) is 11.9. The van der Waals surface area contributed by atoms with Crippen LogP contribution in [-0.4, -0.2) is 37.3 Å². The van der Waals surface area contributed by atoms with Gasteiger partial charge in [-0.3, -0.25) is 4.79 Å². The third-order valence-electron chi connectivity index (χ3n) is 4.04. The summed E-state index contributed by atoms with van der Waals surface area (Å²) in [5.41, 5.74) is 0.317. The summed E-state index contributed by atoms with van der Waals surface area (Å²) in [5, 5.41) is 15.2. The van der Waals surface area contributed by atoms with E-state index in [2.05, 4.69) is 10.6 Å². The van der Waals surface area contributed by atoms with E-state index in [0.717, 1.165) is 32.4 Å². The molecule has 1 aliphatic carbocycles. The minimum atomic E-state index is 0.139. The third-order valence-corrected chi connectivity index (χ3v) is 4.04. The molecular weight excluding hydrogens is 204 g/mol. The fourth-order valence-electron chi connectivity index (χ4n) is 2.66. The molecule has 1 saturated carbocycles. The van der Waals surface area contributed by atoms with E-state index < -0.39 is 0 Å². The first-order chi connectivity index (χ1) is 7.68. The Morgan fingerprint density at radius 3 is 2.88 bits per heavy atom. The zero-order valence-corrected chi connectivity index (χ0v) is 9.96. The molecule has 3 N–H and O–H groups in total. The second kappa shape index (κ2) is 4.72. The molecule has 1 amide bonds. The smallest absolute Gasteiger partial charge is 0.223 e. The molecule has 0 bridgehead atoms. The van der Waals surface area contributed by atoms with Crippen LogP contribution in [0.4, 0.5) is 0 Å². The number of amides is 1. The SMILES string of the molecule is CC(CO)CNC(=O)C1CC12CCNCC2. The van der Waals surface area contributed by atoms with Crippen LogP contribution in [0.15, 0.2) is 0 Å². The van der Waals surface area contributed by atoms with Crippen molar-refractivity contribution in [3.8, 4) is 0 Å². The molecule has 0 aromatic carbocycles. The molecule has 2 fully saturated rings. The fourth-order valence-corrected chi connectivity index (χ4v) is 2.66. The first-order valence-electron chi connectivity index (χ1n) is 6.27. The summed E-state index contributed by atoms with van der Waals surface area (Å²) in [6, 6.07) is 0. The number of rotatable bonds is 4. The molecule has 2 unspecified atom stereocenters. The van der Waals surface area contributed by atoms with Crippen molar-refractivity contribution in [3.05, 3.63) is 0 Å². The summed E-state index contributed by atoms with van der Waals surface area (Å²) in [4.78, 5) is 11.9. The summed E-state index contributed by atoms with van der Waals surface area (Å²) in [6.07, 6.45) is 3.34. The van der Waals surface area contributed by atoms with Crippen LogP contribution in [-0.2, 0) is 4.79 Å². The molecule has 0 radical (unpaired) electrons. The van der Waals surface area contributed by atoms with Gasteiger partial charge in [0.05, 0.1) is 0 Å². The molecule has 2 atom stereocenters. The van der Waals surface area contributed by atoms with Crippen molar-refractivity contribution in [2.75, 3.05) is 26.2 Å². The van der Waals surface area contributed by atoms with Gasteiger partial charge in [0.2, 0.25) is 5.91 Å². The predicted molar refractivity (Wildman–Crippen MR) is 61.9 cm³/mol. The van der Waals surface area contributed by atoms with Crippen LogP contribution < -0.4 is 10.6 Å². The average Bonchev–Trinajstić information content (AvgIpc) is 3.00. The van der Waals surface area contributed by atoms with Gasteiger partial charge in [0.25, 0.3) is 0 Å². The summed E-state index contributed by atoms with van der Waals surface area (Å²) < 4.78 is 0. The van der Waals surface area contributed by atoms with Gasteiger partial charge in [-0.15, -0.1) is 0 Å². The summed E-state index contributed by atoms with van der Waals surface area (Å²) in [7, 11) is 0. The van der Waals surface area contributed by atoms with Gasteiger partial charge in [-0.25, -0.2) is 0 Å². The topological polar surface area (TPSA) is 61.4 Å². The second-order valence-electron chi connectivity index (χ2n) is 5.40. The molecule has 1 spiro atoms. The normalized spacial score (nSPS) is 28.8. The van der Waals surface area contributed by atoms with Crippen molar-refractivity contribution in [3.63, 3.8) is 0 Å². The molecule has 0 aromatic rings. The maximum absolute atomic E-state index is 11.9. The summed E-state index contributed by atoms with van der Waals surface area (Å²) >= 11 is 0. The number of hydrogen-bond donors (Lipinski definition) is 3. The predicted octanol–water partition coefficient (Wildman–Crippen LogP) is 0.121. The Labute approximate surface area is 96.8 Å². The molecule has 4 heteroatoms. The molecule has 2 rings (SSSR count). The van der Waals surface area contributed by atoms with E-state index in [9.17, 15) is 4.79 Å². The average molecular weight is 226 g/mol. The Bertz CT molecular complexity index is 262. The second-order valence-corrected chi connectivity index (χ2v) is 5.40. The Morgan fingerprint density at radius 1 is 1.56 bits per heavy atom. The molecule has 2 aliphatic rings. The van der Waals surface area contributed by atoms with Gasteiger partial charge >= 0.3 is 0 Å². The Morgan fingerprint density at radius 2 is 2.25 bits per heavy atom. The van der Waals surface area contributed by atoms with Crippen LogP contribution in [0.2, 0.25) is 0 Å². The number of piperidine rings is 1. The van der Waals surface area contributed by atoms with Crippen LogP contribution >= 0.6 is 0 Å². The van der Waals surface area contributed by atoms with Gasteiger partial charge < -0.3 is 15.7 Å². The van der Waals surface area contributed by atoms with Crippen LogP contribution in [0.5, 0.6) is 0 Å². The van der Waals surface area contributed by atoms with E-state index >= 15 is 0 Å². The van der Waals surface area contributed by atoms with Gasteiger partial charge in [-0.2, -0.15) is 0 Å². The molecule has 92 valence electrons. The van der Waals surface area contributed by atoms with Crippen molar-refractivity contribution in [2.24, 2.45) is 17.3 Å². The van der Waals surface area contributed by atoms with E-state index in [-0.39, 0.29) is 24.3 Å². The maximum Gasteiger partial charge on any atom is 0.223 e. The van der Waals surface area contributed by atoms with Gasteiger partial charge in [-0.05, 0) is 43.7 Å². The van der Waals surface area contributed by atoms with Crippen molar-refractivity contribution in [2.45, 2.75) is 26.2 Å². The standard InChI is InChI=1S/C12H22N2O2/c1-9(8-15)7-14-11(16)10-6-12(10)2-4-13-5-3-12/h9-10,13,15H,2-8H2,1H3,(H,14,16). The number of carbonyl (C=O) groups excluding carboxylic acids is 1. The number of hydrogen-bond acceptors (Lipinski definition) is 3. The summed E-state index contributed by atoms with van der Waals surface area (Å²) in [5.74, 6) is 0.592. The number of aliphatic hydroxyl groups is 1. The van der Waals surface area contributed by atoms with Crippen molar-refractivity contribution < 1.29 is 9.90 Å².